The van der Waals surface area contributed by atoms with Gasteiger partial charge in [-0.3, -0.25) is 9.89 Å². The Morgan fingerprint density at radius 1 is 1.39 bits per heavy atom. The Balaban J connectivity index is 1.91. The number of nitrogen functional groups attached to an aromatic ring is 1. The number of hydrogen-bond donors (Lipinski definition) is 2. The Morgan fingerprint density at radius 3 is 2.70 bits per heavy atom. The van der Waals surface area contributed by atoms with E-state index in [1.54, 1.807) is 36.3 Å². The van der Waals surface area contributed by atoms with E-state index in [0.717, 1.165) is 17.7 Å². The SMILES string of the molecule is COc1cc(C2(F)CCN(C=O)CC2)ccc1-c1cc(N)n[nH]1. The summed E-state index contributed by atoms with van der Waals surface area (Å²) in [5.74, 6) is 0.940. The van der Waals surface area contributed by atoms with Crippen molar-refractivity contribution in [2.75, 3.05) is 25.9 Å². The van der Waals surface area contributed by atoms with E-state index < -0.39 is 5.67 Å². The number of methoxy groups -OCH3 is 1. The number of anilines is 1. The fraction of sp³-hybridized carbons (Fsp3) is 0.375. The largest absolute Gasteiger partial charge is 0.496 e. The second kappa shape index (κ2) is 5.91. The number of carbonyl (C=O) groups is 1. The van der Waals surface area contributed by atoms with Crippen LogP contribution >= 0.6 is 0 Å². The Hall–Kier alpha value is -2.57. The van der Waals surface area contributed by atoms with Crippen LogP contribution < -0.4 is 10.5 Å². The van der Waals surface area contributed by atoms with Crippen molar-refractivity contribution in [3.8, 4) is 17.0 Å². The molecule has 2 heterocycles. The predicted octanol–water partition coefficient (Wildman–Crippen LogP) is 2.08. The van der Waals surface area contributed by atoms with Crippen LogP contribution in [0.15, 0.2) is 24.3 Å². The molecule has 0 bridgehead atoms. The van der Waals surface area contributed by atoms with Crippen molar-refractivity contribution in [3.63, 3.8) is 0 Å². The first-order valence-corrected chi connectivity index (χ1v) is 7.44. The zero-order valence-corrected chi connectivity index (χ0v) is 12.9. The number of H-pyrrole nitrogens is 1. The number of aromatic amines is 1. The predicted molar refractivity (Wildman–Crippen MR) is 84.6 cm³/mol. The molecular weight excluding hydrogens is 299 g/mol. The topological polar surface area (TPSA) is 84.2 Å². The van der Waals surface area contributed by atoms with E-state index >= 15 is 4.39 Å². The molecule has 0 radical (unpaired) electrons. The van der Waals surface area contributed by atoms with Gasteiger partial charge in [0.2, 0.25) is 6.41 Å². The lowest BCUT2D eigenvalue weighted by Crippen LogP contribution is -2.39. The molecule has 6 nitrogen and oxygen atoms in total. The summed E-state index contributed by atoms with van der Waals surface area (Å²) < 4.78 is 20.6. The number of piperidine rings is 1. The molecule has 122 valence electrons. The van der Waals surface area contributed by atoms with Crippen molar-refractivity contribution in [1.29, 1.82) is 0 Å². The molecule has 0 atom stereocenters. The monoisotopic (exact) mass is 318 g/mol. The Bertz CT molecular complexity index is 708. The number of nitrogens with zero attached hydrogens (tertiary/aromatic N) is 2. The number of hydrogen-bond acceptors (Lipinski definition) is 4. The van der Waals surface area contributed by atoms with Crippen LogP contribution in [0.25, 0.3) is 11.3 Å². The van der Waals surface area contributed by atoms with Gasteiger partial charge in [0.15, 0.2) is 0 Å². The van der Waals surface area contributed by atoms with Crippen LogP contribution in [-0.4, -0.2) is 41.7 Å². The highest BCUT2D eigenvalue weighted by Gasteiger charge is 2.36. The van der Waals surface area contributed by atoms with E-state index in [4.69, 9.17) is 10.5 Å². The summed E-state index contributed by atoms with van der Waals surface area (Å²) in [7, 11) is 1.54. The van der Waals surface area contributed by atoms with E-state index in [2.05, 4.69) is 10.2 Å². The molecule has 0 spiro atoms. The lowest BCUT2D eigenvalue weighted by molar-refractivity contribution is -0.120. The van der Waals surface area contributed by atoms with E-state index in [1.807, 2.05) is 0 Å². The van der Waals surface area contributed by atoms with Gasteiger partial charge in [-0.25, -0.2) is 4.39 Å². The third kappa shape index (κ3) is 2.86. The standard InChI is InChI=1S/C16H19FN4O2/c1-23-14-8-11(16(17)4-6-21(10-22)7-5-16)2-3-12(14)13-9-15(18)20-19-13/h2-3,8-10H,4-7H2,1H3,(H3,18,19,20). The first-order valence-electron chi connectivity index (χ1n) is 7.44. The second-order valence-electron chi connectivity index (χ2n) is 5.73. The number of amides is 1. The highest BCUT2D eigenvalue weighted by Crippen LogP contribution is 2.40. The van der Waals surface area contributed by atoms with Crippen LogP contribution in [-0.2, 0) is 10.5 Å². The van der Waals surface area contributed by atoms with Crippen molar-refractivity contribution in [1.82, 2.24) is 15.1 Å². The number of alkyl halides is 1. The molecule has 3 rings (SSSR count). The average Bonchev–Trinajstić information content (AvgIpc) is 3.01. The molecule has 1 aliphatic rings. The molecule has 1 aromatic heterocycles. The zero-order chi connectivity index (χ0) is 16.4. The minimum absolute atomic E-state index is 0.283. The van der Waals surface area contributed by atoms with Gasteiger partial charge in [-0.1, -0.05) is 6.07 Å². The quantitative estimate of drug-likeness (QED) is 0.845. The highest BCUT2D eigenvalue weighted by molar-refractivity contribution is 5.69. The van der Waals surface area contributed by atoms with E-state index in [1.165, 1.54) is 0 Å². The summed E-state index contributed by atoms with van der Waals surface area (Å²) >= 11 is 0. The van der Waals surface area contributed by atoms with Crippen molar-refractivity contribution in [3.05, 3.63) is 29.8 Å². The molecule has 23 heavy (non-hydrogen) atoms. The number of benzene rings is 1. The fourth-order valence-electron chi connectivity index (χ4n) is 2.94. The summed E-state index contributed by atoms with van der Waals surface area (Å²) in [6.07, 6.45) is 1.34. The van der Waals surface area contributed by atoms with Gasteiger partial charge in [0.25, 0.3) is 0 Å². The lowest BCUT2D eigenvalue weighted by Gasteiger charge is -2.35. The number of likely N-dealkylation sites (tertiary alicyclic amines) is 1. The number of nitrogens with one attached hydrogen (secondary N) is 1. The van der Waals surface area contributed by atoms with Crippen LogP contribution in [0, 0.1) is 0 Å². The minimum atomic E-state index is -1.45. The third-order valence-electron chi connectivity index (χ3n) is 4.35. The molecule has 7 heteroatoms. The molecule has 0 saturated carbocycles. The van der Waals surface area contributed by atoms with Crippen LogP contribution in [0.4, 0.5) is 10.2 Å². The van der Waals surface area contributed by atoms with Gasteiger partial charge < -0.3 is 15.4 Å². The molecular formula is C16H19FN4O2. The Kier molecular flexibility index (Phi) is 3.94. The summed E-state index contributed by atoms with van der Waals surface area (Å²) in [6, 6.07) is 6.97. The van der Waals surface area contributed by atoms with Crippen molar-refractivity contribution in [2.24, 2.45) is 0 Å². The maximum absolute atomic E-state index is 15.2. The third-order valence-corrected chi connectivity index (χ3v) is 4.35. The van der Waals surface area contributed by atoms with E-state index in [9.17, 15) is 4.79 Å². The van der Waals surface area contributed by atoms with Crippen molar-refractivity contribution >= 4 is 12.2 Å². The fourth-order valence-corrected chi connectivity index (χ4v) is 2.94. The van der Waals surface area contributed by atoms with Gasteiger partial charge in [-0.15, -0.1) is 0 Å². The van der Waals surface area contributed by atoms with Gasteiger partial charge in [-0.05, 0) is 17.7 Å². The molecule has 0 aliphatic carbocycles. The Morgan fingerprint density at radius 2 is 2.13 bits per heavy atom. The Labute approximate surface area is 133 Å². The van der Waals surface area contributed by atoms with Gasteiger partial charge in [0.1, 0.15) is 17.2 Å². The number of ether oxygens (including phenoxy) is 1. The molecule has 1 amide bonds. The minimum Gasteiger partial charge on any atom is -0.496 e. The van der Waals surface area contributed by atoms with Gasteiger partial charge in [-0.2, -0.15) is 5.10 Å². The smallest absolute Gasteiger partial charge is 0.209 e. The summed E-state index contributed by atoms with van der Waals surface area (Å²) in [4.78, 5) is 12.4. The second-order valence-corrected chi connectivity index (χ2v) is 5.73. The maximum atomic E-state index is 15.2. The van der Waals surface area contributed by atoms with E-state index in [-0.39, 0.29) is 12.8 Å². The van der Waals surface area contributed by atoms with E-state index in [0.29, 0.717) is 30.2 Å². The molecule has 1 saturated heterocycles. The maximum Gasteiger partial charge on any atom is 0.209 e. The lowest BCUT2D eigenvalue weighted by atomic mass is 9.85. The zero-order valence-electron chi connectivity index (χ0n) is 12.9. The first kappa shape index (κ1) is 15.3. The molecule has 2 aromatic rings. The molecule has 1 aromatic carbocycles. The average molecular weight is 318 g/mol. The summed E-state index contributed by atoms with van der Waals surface area (Å²) in [6.45, 7) is 0.836. The summed E-state index contributed by atoms with van der Waals surface area (Å²) in [5, 5.41) is 6.72. The molecule has 1 fully saturated rings. The van der Waals surface area contributed by atoms with Crippen molar-refractivity contribution < 1.29 is 13.9 Å². The van der Waals surface area contributed by atoms with Crippen LogP contribution in [0.2, 0.25) is 0 Å². The summed E-state index contributed by atoms with van der Waals surface area (Å²) in [5.41, 5.74) is 6.23. The molecule has 0 unspecified atom stereocenters. The number of halogens is 1. The first-order chi connectivity index (χ1) is 11.1. The number of rotatable bonds is 4. The highest BCUT2D eigenvalue weighted by atomic mass is 19.1. The molecule has 3 N–H and O–H groups in total. The van der Waals surface area contributed by atoms with Gasteiger partial charge in [0, 0.05) is 37.6 Å². The van der Waals surface area contributed by atoms with Gasteiger partial charge >= 0.3 is 0 Å². The van der Waals surface area contributed by atoms with Crippen LogP contribution in [0.3, 0.4) is 0 Å². The molecule has 1 aliphatic heterocycles. The van der Waals surface area contributed by atoms with Crippen molar-refractivity contribution in [2.45, 2.75) is 18.5 Å². The number of nitrogens with two attached hydrogens (primary N) is 1. The van der Waals surface area contributed by atoms with Crippen LogP contribution in [0.1, 0.15) is 18.4 Å². The van der Waals surface area contributed by atoms with Crippen LogP contribution in [0.5, 0.6) is 5.75 Å². The number of aromatic nitrogens is 2. The normalized spacial score (nSPS) is 17.0. The number of carbonyl (C=O) groups excluding carboxylic acids is 1. The van der Waals surface area contributed by atoms with Gasteiger partial charge in [0.05, 0.1) is 12.8 Å².